The first-order valence-corrected chi connectivity index (χ1v) is 9.92. The van der Waals surface area contributed by atoms with Gasteiger partial charge in [-0.15, -0.1) is 0 Å². The highest BCUT2D eigenvalue weighted by atomic mass is 32.2. The standard InChI is InChI=1S/C16H22N4O3S/c1-24(21,22)19-14-8-5-9-20(11-14)12-16-17-15(18-23-16)10-13-6-3-2-4-7-13/h2-4,6-7,14,19H,5,8-12H2,1H3. The lowest BCUT2D eigenvalue weighted by Gasteiger charge is -2.31. The van der Waals surface area contributed by atoms with E-state index < -0.39 is 10.0 Å². The Bertz CT molecular complexity index is 761. The summed E-state index contributed by atoms with van der Waals surface area (Å²) in [6, 6.07) is 9.95. The van der Waals surface area contributed by atoms with Crippen molar-refractivity contribution in [3.05, 3.63) is 47.6 Å². The summed E-state index contributed by atoms with van der Waals surface area (Å²) in [5, 5.41) is 4.03. The molecule has 1 saturated heterocycles. The van der Waals surface area contributed by atoms with E-state index >= 15 is 0 Å². The Morgan fingerprint density at radius 1 is 1.33 bits per heavy atom. The number of likely N-dealkylation sites (tertiary alicyclic amines) is 1. The minimum Gasteiger partial charge on any atom is -0.338 e. The van der Waals surface area contributed by atoms with Crippen molar-refractivity contribution in [2.75, 3.05) is 19.3 Å². The van der Waals surface area contributed by atoms with E-state index in [2.05, 4.69) is 19.8 Å². The van der Waals surface area contributed by atoms with E-state index in [1.165, 1.54) is 6.26 Å². The first-order valence-electron chi connectivity index (χ1n) is 8.03. The van der Waals surface area contributed by atoms with Crippen LogP contribution in [-0.4, -0.2) is 48.8 Å². The van der Waals surface area contributed by atoms with E-state index in [0.717, 1.165) is 24.9 Å². The van der Waals surface area contributed by atoms with Crippen molar-refractivity contribution < 1.29 is 12.9 Å². The molecule has 24 heavy (non-hydrogen) atoms. The van der Waals surface area contributed by atoms with Crippen molar-refractivity contribution in [2.24, 2.45) is 0 Å². The molecule has 8 heteroatoms. The first kappa shape index (κ1) is 17.1. The molecule has 0 radical (unpaired) electrons. The van der Waals surface area contributed by atoms with Gasteiger partial charge < -0.3 is 4.52 Å². The second-order valence-corrected chi connectivity index (χ2v) is 8.01. The van der Waals surface area contributed by atoms with Gasteiger partial charge in [0.05, 0.1) is 12.8 Å². The monoisotopic (exact) mass is 350 g/mol. The van der Waals surface area contributed by atoms with Gasteiger partial charge in [0.1, 0.15) is 0 Å². The van der Waals surface area contributed by atoms with E-state index in [9.17, 15) is 8.42 Å². The van der Waals surface area contributed by atoms with Gasteiger partial charge in [-0.2, -0.15) is 4.98 Å². The van der Waals surface area contributed by atoms with Gasteiger partial charge in [0.25, 0.3) is 0 Å². The molecule has 1 aliphatic rings. The van der Waals surface area contributed by atoms with E-state index in [0.29, 0.717) is 31.2 Å². The van der Waals surface area contributed by atoms with Crippen LogP contribution in [0.5, 0.6) is 0 Å². The van der Waals surface area contributed by atoms with E-state index in [-0.39, 0.29) is 6.04 Å². The van der Waals surface area contributed by atoms with Crippen LogP contribution in [-0.2, 0) is 23.0 Å². The molecule has 1 aromatic carbocycles. The van der Waals surface area contributed by atoms with Crippen molar-refractivity contribution >= 4 is 10.0 Å². The third-order valence-electron chi connectivity index (χ3n) is 3.96. The van der Waals surface area contributed by atoms with Crippen LogP contribution < -0.4 is 4.72 Å². The Morgan fingerprint density at radius 3 is 2.88 bits per heavy atom. The van der Waals surface area contributed by atoms with Gasteiger partial charge in [0.15, 0.2) is 5.82 Å². The number of nitrogens with zero attached hydrogens (tertiary/aromatic N) is 3. The number of piperidine rings is 1. The normalized spacial score (nSPS) is 19.5. The summed E-state index contributed by atoms with van der Waals surface area (Å²) in [6.07, 6.45) is 3.63. The lowest BCUT2D eigenvalue weighted by molar-refractivity contribution is 0.173. The van der Waals surface area contributed by atoms with Crippen molar-refractivity contribution in [2.45, 2.75) is 31.8 Å². The first-order chi connectivity index (χ1) is 11.5. The molecule has 1 N–H and O–H groups in total. The van der Waals surface area contributed by atoms with Gasteiger partial charge in [0.2, 0.25) is 15.9 Å². The number of benzene rings is 1. The Balaban J connectivity index is 1.56. The fraction of sp³-hybridized carbons (Fsp3) is 0.500. The molecule has 7 nitrogen and oxygen atoms in total. The summed E-state index contributed by atoms with van der Waals surface area (Å²) < 4.78 is 30.8. The summed E-state index contributed by atoms with van der Waals surface area (Å²) in [5.74, 6) is 1.24. The average molecular weight is 350 g/mol. The topological polar surface area (TPSA) is 88.3 Å². The summed E-state index contributed by atoms with van der Waals surface area (Å²) in [7, 11) is -3.18. The molecule has 1 aromatic heterocycles. The molecule has 2 aromatic rings. The van der Waals surface area contributed by atoms with Gasteiger partial charge in [0, 0.05) is 19.0 Å². The minimum absolute atomic E-state index is 0.0551. The third-order valence-corrected chi connectivity index (χ3v) is 4.72. The molecule has 0 bridgehead atoms. The number of rotatable bonds is 6. The molecule has 1 aliphatic heterocycles. The zero-order valence-electron chi connectivity index (χ0n) is 13.7. The van der Waals surface area contributed by atoms with Crippen molar-refractivity contribution in [3.63, 3.8) is 0 Å². The SMILES string of the molecule is CS(=O)(=O)NC1CCCN(Cc2nc(Cc3ccccc3)no2)C1. The number of nitrogens with one attached hydrogen (secondary N) is 1. The highest BCUT2D eigenvalue weighted by Gasteiger charge is 2.23. The summed E-state index contributed by atoms with van der Waals surface area (Å²) in [4.78, 5) is 6.59. The molecule has 1 unspecified atom stereocenters. The predicted molar refractivity (Wildman–Crippen MR) is 89.8 cm³/mol. The summed E-state index contributed by atoms with van der Waals surface area (Å²) in [6.45, 7) is 2.10. The second-order valence-electron chi connectivity index (χ2n) is 6.23. The molecule has 1 fully saturated rings. The van der Waals surface area contributed by atoms with Gasteiger partial charge in [-0.3, -0.25) is 4.90 Å². The number of hydrogen-bond acceptors (Lipinski definition) is 6. The van der Waals surface area contributed by atoms with Gasteiger partial charge in [-0.25, -0.2) is 13.1 Å². The lowest BCUT2D eigenvalue weighted by Crippen LogP contribution is -2.47. The van der Waals surface area contributed by atoms with Crippen LogP contribution in [0.3, 0.4) is 0 Å². The molecule has 2 heterocycles. The predicted octanol–water partition coefficient (Wildman–Crippen LogP) is 1.17. The molecule has 1 atom stereocenters. The molecule has 0 amide bonds. The highest BCUT2D eigenvalue weighted by molar-refractivity contribution is 7.88. The van der Waals surface area contributed by atoms with E-state index in [1.807, 2.05) is 30.3 Å². The van der Waals surface area contributed by atoms with Crippen molar-refractivity contribution in [1.82, 2.24) is 19.8 Å². The number of sulfonamides is 1. The minimum atomic E-state index is -3.18. The van der Waals surface area contributed by atoms with Crippen LogP contribution in [0.4, 0.5) is 0 Å². The van der Waals surface area contributed by atoms with Gasteiger partial charge in [-0.1, -0.05) is 35.5 Å². The summed E-state index contributed by atoms with van der Waals surface area (Å²) in [5.41, 5.74) is 1.14. The van der Waals surface area contributed by atoms with E-state index in [4.69, 9.17) is 4.52 Å². The smallest absolute Gasteiger partial charge is 0.240 e. The fourth-order valence-electron chi connectivity index (χ4n) is 2.99. The van der Waals surface area contributed by atoms with Gasteiger partial charge in [-0.05, 0) is 24.9 Å². The zero-order valence-corrected chi connectivity index (χ0v) is 14.5. The van der Waals surface area contributed by atoms with Crippen molar-refractivity contribution in [1.29, 1.82) is 0 Å². The maximum Gasteiger partial charge on any atom is 0.240 e. The maximum absolute atomic E-state index is 11.4. The summed E-state index contributed by atoms with van der Waals surface area (Å²) >= 11 is 0. The lowest BCUT2D eigenvalue weighted by atomic mass is 10.1. The van der Waals surface area contributed by atoms with Crippen LogP contribution in [0.2, 0.25) is 0 Å². The van der Waals surface area contributed by atoms with E-state index in [1.54, 1.807) is 0 Å². The van der Waals surface area contributed by atoms with Crippen LogP contribution in [0.25, 0.3) is 0 Å². The fourth-order valence-corrected chi connectivity index (χ4v) is 3.79. The van der Waals surface area contributed by atoms with Crippen LogP contribution in [0, 0.1) is 0 Å². The zero-order chi connectivity index (χ0) is 17.0. The second kappa shape index (κ2) is 7.42. The average Bonchev–Trinajstić information content (AvgIpc) is 2.94. The number of aromatic nitrogens is 2. The highest BCUT2D eigenvalue weighted by Crippen LogP contribution is 2.14. The quantitative estimate of drug-likeness (QED) is 0.841. The molecule has 3 rings (SSSR count). The Morgan fingerprint density at radius 2 is 2.12 bits per heavy atom. The Kier molecular flexibility index (Phi) is 5.27. The molecule has 130 valence electrons. The van der Waals surface area contributed by atoms with Crippen LogP contribution in [0.1, 0.15) is 30.1 Å². The third kappa shape index (κ3) is 5.12. The number of hydrogen-bond donors (Lipinski definition) is 1. The molecule has 0 saturated carbocycles. The Labute approximate surface area is 142 Å². The maximum atomic E-state index is 11.4. The van der Waals surface area contributed by atoms with Crippen LogP contribution in [0.15, 0.2) is 34.9 Å². The molecule has 0 spiro atoms. The van der Waals surface area contributed by atoms with Gasteiger partial charge >= 0.3 is 0 Å². The van der Waals surface area contributed by atoms with Crippen molar-refractivity contribution in [3.8, 4) is 0 Å². The molecular formula is C16H22N4O3S. The molecule has 0 aliphatic carbocycles. The molecular weight excluding hydrogens is 328 g/mol. The largest absolute Gasteiger partial charge is 0.338 e. The Hall–Kier alpha value is -1.77. The van der Waals surface area contributed by atoms with Crippen LogP contribution >= 0.6 is 0 Å².